The number of rotatable bonds is 8. The molecule has 0 radical (unpaired) electrons. The molecule has 2 amide bonds. The van der Waals surface area contributed by atoms with Gasteiger partial charge in [-0.3, -0.25) is 14.4 Å². The Labute approximate surface area is 226 Å². The fraction of sp³-hybridized carbons (Fsp3) is 0.700. The van der Waals surface area contributed by atoms with Crippen LogP contribution in [0, 0.1) is 0 Å². The molecule has 0 unspecified atom stereocenters. The molecule has 4 fully saturated rings. The van der Waals surface area contributed by atoms with Gasteiger partial charge in [-0.25, -0.2) is 0 Å². The van der Waals surface area contributed by atoms with E-state index in [1.54, 1.807) is 4.90 Å². The summed E-state index contributed by atoms with van der Waals surface area (Å²) >= 11 is 0. The first-order valence-corrected chi connectivity index (χ1v) is 14.7. The Morgan fingerprint density at radius 2 is 1.79 bits per heavy atom. The van der Waals surface area contributed by atoms with Crippen molar-refractivity contribution >= 4 is 17.6 Å². The lowest BCUT2D eigenvalue weighted by molar-refractivity contribution is -0.143. The molecule has 1 aromatic carbocycles. The van der Waals surface area contributed by atoms with Gasteiger partial charge in [0.25, 0.3) is 5.91 Å². The summed E-state index contributed by atoms with van der Waals surface area (Å²) in [5.41, 5.74) is 0.849. The van der Waals surface area contributed by atoms with Crippen LogP contribution < -0.4 is 5.32 Å². The van der Waals surface area contributed by atoms with Crippen molar-refractivity contribution in [3.63, 3.8) is 0 Å². The van der Waals surface area contributed by atoms with Crippen LogP contribution in [0.15, 0.2) is 24.3 Å². The van der Waals surface area contributed by atoms with E-state index in [4.69, 9.17) is 9.47 Å². The summed E-state index contributed by atoms with van der Waals surface area (Å²) in [6.07, 6.45) is 6.65. The number of benzene rings is 1. The van der Waals surface area contributed by atoms with Gasteiger partial charge >= 0.3 is 0 Å². The minimum Gasteiger partial charge on any atom is -0.374 e. The molecule has 5 rings (SSSR count). The van der Waals surface area contributed by atoms with Crippen LogP contribution in [0.4, 0.5) is 0 Å². The number of likely N-dealkylation sites (tertiary alicyclic amines) is 2. The first-order chi connectivity index (χ1) is 18.5. The fourth-order valence-electron chi connectivity index (χ4n) is 7.01. The van der Waals surface area contributed by atoms with E-state index in [2.05, 4.69) is 29.3 Å². The van der Waals surface area contributed by atoms with Crippen LogP contribution in [0.2, 0.25) is 0 Å². The lowest BCUT2D eigenvalue weighted by Gasteiger charge is -2.40. The highest BCUT2D eigenvalue weighted by molar-refractivity contribution is 6.01. The Morgan fingerprint density at radius 1 is 1.08 bits per heavy atom. The summed E-state index contributed by atoms with van der Waals surface area (Å²) in [6.45, 7) is 8.36. The second kappa shape index (κ2) is 11.8. The van der Waals surface area contributed by atoms with E-state index < -0.39 is 17.7 Å². The zero-order valence-electron chi connectivity index (χ0n) is 23.0. The van der Waals surface area contributed by atoms with Crippen molar-refractivity contribution in [2.24, 2.45) is 0 Å². The predicted molar refractivity (Wildman–Crippen MR) is 144 cm³/mol. The maximum absolute atomic E-state index is 14.1. The highest BCUT2D eigenvalue weighted by Crippen LogP contribution is 2.36. The summed E-state index contributed by atoms with van der Waals surface area (Å²) in [6, 6.07) is 7.33. The monoisotopic (exact) mass is 525 g/mol. The maximum Gasteiger partial charge on any atom is 0.252 e. The van der Waals surface area contributed by atoms with Gasteiger partial charge in [-0.1, -0.05) is 38.3 Å². The standard InChI is InChI=1S/C30H43N3O5/c1-3-16-32-17-12-22(13-18-32)21-8-10-23(11-9-21)28(35)31-30(14-6-5-7-15-30)29(36)33-19-25(37-4-2)27-26(33)24(34)20-38-27/h8-11,22,25-27H,3-7,12-20H2,1-2H3,(H,31,35)/t25-,26+,27+/m0/s1. The second-order valence-electron chi connectivity index (χ2n) is 11.5. The predicted octanol–water partition coefficient (Wildman–Crippen LogP) is 3.29. The lowest BCUT2D eigenvalue weighted by atomic mass is 9.80. The van der Waals surface area contributed by atoms with Crippen molar-refractivity contribution in [3.05, 3.63) is 35.4 Å². The highest BCUT2D eigenvalue weighted by atomic mass is 16.6. The third-order valence-corrected chi connectivity index (χ3v) is 9.02. The van der Waals surface area contributed by atoms with Crippen molar-refractivity contribution in [1.82, 2.24) is 15.1 Å². The number of nitrogens with zero attached hydrogens (tertiary/aromatic N) is 2. The van der Waals surface area contributed by atoms with Crippen molar-refractivity contribution in [3.8, 4) is 0 Å². The summed E-state index contributed by atoms with van der Waals surface area (Å²) in [7, 11) is 0. The molecule has 4 aliphatic rings. The molecular formula is C30H43N3O5. The molecule has 0 spiro atoms. The number of carbonyl (C=O) groups is 3. The average molecular weight is 526 g/mol. The van der Waals surface area contributed by atoms with Gasteiger partial charge in [0.1, 0.15) is 30.4 Å². The van der Waals surface area contributed by atoms with Gasteiger partial charge in [-0.15, -0.1) is 0 Å². The number of hydrogen-bond acceptors (Lipinski definition) is 6. The molecule has 8 heteroatoms. The van der Waals surface area contributed by atoms with Gasteiger partial charge in [-0.05, 0) is 82.3 Å². The first-order valence-electron chi connectivity index (χ1n) is 14.7. The molecule has 208 valence electrons. The Balaban J connectivity index is 1.29. The van der Waals surface area contributed by atoms with E-state index in [-0.39, 0.29) is 30.3 Å². The van der Waals surface area contributed by atoms with E-state index >= 15 is 0 Å². The van der Waals surface area contributed by atoms with E-state index in [0.717, 1.165) is 45.2 Å². The van der Waals surface area contributed by atoms with Crippen LogP contribution in [0.5, 0.6) is 0 Å². The number of Topliss-reactive ketones (excluding diaryl/α,β-unsaturated/α-hetero) is 1. The van der Waals surface area contributed by atoms with Crippen molar-refractivity contribution in [1.29, 1.82) is 0 Å². The first kappa shape index (κ1) is 27.3. The number of ketones is 1. The summed E-state index contributed by atoms with van der Waals surface area (Å²) in [5, 5.41) is 3.16. The topological polar surface area (TPSA) is 88.2 Å². The molecule has 3 heterocycles. The summed E-state index contributed by atoms with van der Waals surface area (Å²) in [5.74, 6) is 0.0470. The number of hydrogen-bond donors (Lipinski definition) is 1. The van der Waals surface area contributed by atoms with Crippen LogP contribution in [0.25, 0.3) is 0 Å². The number of nitrogens with one attached hydrogen (secondary N) is 1. The maximum atomic E-state index is 14.1. The zero-order valence-corrected chi connectivity index (χ0v) is 23.0. The molecule has 1 saturated carbocycles. The van der Waals surface area contributed by atoms with E-state index in [0.29, 0.717) is 37.5 Å². The molecule has 1 N–H and O–H groups in total. The molecule has 0 bridgehead atoms. The zero-order chi connectivity index (χ0) is 26.7. The van der Waals surface area contributed by atoms with Gasteiger partial charge in [0.2, 0.25) is 5.91 Å². The largest absolute Gasteiger partial charge is 0.374 e. The van der Waals surface area contributed by atoms with Gasteiger partial charge in [-0.2, -0.15) is 0 Å². The molecule has 0 aromatic heterocycles. The van der Waals surface area contributed by atoms with E-state index in [9.17, 15) is 14.4 Å². The molecule has 38 heavy (non-hydrogen) atoms. The number of fused-ring (bicyclic) bond motifs is 1. The minimum absolute atomic E-state index is 0.00598. The Kier molecular flexibility index (Phi) is 8.50. The quantitative estimate of drug-likeness (QED) is 0.561. The van der Waals surface area contributed by atoms with Crippen LogP contribution >= 0.6 is 0 Å². The normalized spacial score (nSPS) is 27.9. The molecule has 8 nitrogen and oxygen atoms in total. The molecule has 3 atom stereocenters. The molecule has 1 aliphatic carbocycles. The number of carbonyl (C=O) groups excluding carboxylic acids is 3. The lowest BCUT2D eigenvalue weighted by Crippen LogP contribution is -2.62. The number of piperidine rings is 1. The molecule has 1 aromatic rings. The average Bonchev–Trinajstić information content (AvgIpc) is 3.50. The van der Waals surface area contributed by atoms with Gasteiger partial charge in [0.15, 0.2) is 5.78 Å². The van der Waals surface area contributed by atoms with Crippen LogP contribution in [-0.2, 0) is 19.1 Å². The van der Waals surface area contributed by atoms with Crippen LogP contribution in [-0.4, -0.2) is 90.6 Å². The molecule has 3 aliphatic heterocycles. The number of amides is 2. The van der Waals surface area contributed by atoms with Gasteiger partial charge < -0.3 is 24.6 Å². The van der Waals surface area contributed by atoms with Crippen molar-refractivity contribution in [2.75, 3.05) is 39.4 Å². The Morgan fingerprint density at radius 3 is 2.45 bits per heavy atom. The minimum atomic E-state index is -1.01. The number of ether oxygens (including phenoxy) is 2. The van der Waals surface area contributed by atoms with Crippen LogP contribution in [0.1, 0.15) is 87.1 Å². The summed E-state index contributed by atoms with van der Waals surface area (Å²) in [4.78, 5) is 44.5. The summed E-state index contributed by atoms with van der Waals surface area (Å²) < 4.78 is 11.6. The fourth-order valence-corrected chi connectivity index (χ4v) is 7.01. The SMILES string of the molecule is CCCN1CCC(c2ccc(C(=O)NC3(C(=O)N4C[C@H](OCC)[C@H]5OCC(=O)[C@H]54)CCCCC3)cc2)CC1. The Hall–Kier alpha value is -2.29. The van der Waals surface area contributed by atoms with Crippen LogP contribution in [0.3, 0.4) is 0 Å². The van der Waals surface area contributed by atoms with E-state index in [1.165, 1.54) is 18.5 Å². The second-order valence-corrected chi connectivity index (χ2v) is 11.5. The van der Waals surface area contributed by atoms with E-state index in [1.807, 2.05) is 19.1 Å². The Bertz CT molecular complexity index is 998. The highest BCUT2D eigenvalue weighted by Gasteiger charge is 2.56. The molecular weight excluding hydrogens is 482 g/mol. The molecule has 3 saturated heterocycles. The van der Waals surface area contributed by atoms with Crippen molar-refractivity contribution in [2.45, 2.75) is 94.9 Å². The van der Waals surface area contributed by atoms with Gasteiger partial charge in [0.05, 0.1) is 6.54 Å². The van der Waals surface area contributed by atoms with Gasteiger partial charge in [0, 0.05) is 12.2 Å². The smallest absolute Gasteiger partial charge is 0.252 e. The van der Waals surface area contributed by atoms with Crippen molar-refractivity contribution < 1.29 is 23.9 Å². The third kappa shape index (κ3) is 5.40. The third-order valence-electron chi connectivity index (χ3n) is 9.02.